The van der Waals surface area contributed by atoms with Crippen LogP contribution in [0.3, 0.4) is 0 Å². The number of carbonyl (C=O) groups is 2. The SMILES string of the molecule is CC1=C(C(=O)OC2CCCC2)[C@H](c2ccncc2)C2=C(CC(C)(C)CC2=O)N1. The predicted octanol–water partition coefficient (Wildman–Crippen LogP) is 4.17. The second-order valence-electron chi connectivity index (χ2n) is 9.02. The molecule has 0 spiro atoms. The van der Waals surface area contributed by atoms with Crippen LogP contribution in [-0.2, 0) is 14.3 Å². The maximum Gasteiger partial charge on any atom is 0.337 e. The number of nitrogens with one attached hydrogen (secondary N) is 1. The molecule has 1 aromatic heterocycles. The van der Waals surface area contributed by atoms with Crippen LogP contribution in [0.2, 0.25) is 0 Å². The quantitative estimate of drug-likeness (QED) is 0.797. The van der Waals surface area contributed by atoms with Crippen LogP contribution < -0.4 is 5.32 Å². The molecule has 0 aromatic carbocycles. The standard InChI is InChI=1S/C23H28N2O3/c1-14-19(22(27)28-16-6-4-5-7-16)20(15-8-10-24-11-9-15)21-17(25-14)12-23(2,3)13-18(21)26/h8-11,16,20,25H,4-7,12-13H2,1-3H3/t20-/m0/s1. The van der Waals surface area contributed by atoms with E-state index in [1.807, 2.05) is 19.1 Å². The lowest BCUT2D eigenvalue weighted by molar-refractivity contribution is -0.144. The van der Waals surface area contributed by atoms with E-state index in [1.165, 1.54) is 0 Å². The molecule has 148 valence electrons. The maximum absolute atomic E-state index is 13.2. The third-order valence-electron chi connectivity index (χ3n) is 6.07. The summed E-state index contributed by atoms with van der Waals surface area (Å²) in [6.45, 7) is 6.14. The molecule has 1 aromatic rings. The van der Waals surface area contributed by atoms with Gasteiger partial charge in [-0.25, -0.2) is 4.79 Å². The Kier molecular flexibility index (Phi) is 4.86. The van der Waals surface area contributed by atoms with Crippen molar-refractivity contribution in [2.24, 2.45) is 5.41 Å². The summed E-state index contributed by atoms with van der Waals surface area (Å²) in [5.41, 5.74) is 3.83. The van der Waals surface area contributed by atoms with Crippen LogP contribution in [0.15, 0.2) is 47.1 Å². The molecule has 0 saturated heterocycles. The molecule has 1 atom stereocenters. The first kappa shape index (κ1) is 18.9. The number of rotatable bonds is 3. The van der Waals surface area contributed by atoms with Crippen molar-refractivity contribution in [1.29, 1.82) is 0 Å². The molecule has 0 bridgehead atoms. The molecule has 2 heterocycles. The zero-order valence-corrected chi connectivity index (χ0v) is 16.9. The number of pyridine rings is 1. The zero-order valence-electron chi connectivity index (χ0n) is 16.9. The molecule has 5 heteroatoms. The van der Waals surface area contributed by atoms with Gasteiger partial charge in [0.2, 0.25) is 0 Å². The number of hydrogen-bond acceptors (Lipinski definition) is 5. The lowest BCUT2D eigenvalue weighted by Crippen LogP contribution is -2.39. The lowest BCUT2D eigenvalue weighted by atomic mass is 9.68. The average molecular weight is 380 g/mol. The Bertz CT molecular complexity index is 861. The molecule has 3 aliphatic rings. The number of ketones is 1. The van der Waals surface area contributed by atoms with Crippen molar-refractivity contribution in [1.82, 2.24) is 10.3 Å². The number of hydrogen-bond donors (Lipinski definition) is 1. The molecular weight excluding hydrogens is 352 g/mol. The summed E-state index contributed by atoms with van der Waals surface area (Å²) in [4.78, 5) is 30.5. The van der Waals surface area contributed by atoms with Gasteiger partial charge >= 0.3 is 5.97 Å². The Morgan fingerprint density at radius 2 is 1.86 bits per heavy atom. The average Bonchev–Trinajstić information content (AvgIpc) is 3.13. The van der Waals surface area contributed by atoms with Crippen molar-refractivity contribution < 1.29 is 14.3 Å². The third kappa shape index (κ3) is 3.50. The van der Waals surface area contributed by atoms with Crippen molar-refractivity contribution >= 4 is 11.8 Å². The van der Waals surface area contributed by atoms with Crippen LogP contribution >= 0.6 is 0 Å². The van der Waals surface area contributed by atoms with Gasteiger partial charge in [0.05, 0.1) is 5.57 Å². The second kappa shape index (κ2) is 7.19. The minimum atomic E-state index is -0.392. The highest BCUT2D eigenvalue weighted by molar-refractivity contribution is 6.04. The molecule has 1 saturated carbocycles. The van der Waals surface area contributed by atoms with Gasteiger partial charge in [0.25, 0.3) is 0 Å². The maximum atomic E-state index is 13.2. The Morgan fingerprint density at radius 1 is 1.18 bits per heavy atom. The zero-order chi connectivity index (χ0) is 19.9. The Labute approximate surface area is 166 Å². The Balaban J connectivity index is 1.76. The molecular formula is C23H28N2O3. The summed E-state index contributed by atoms with van der Waals surface area (Å²) in [6, 6.07) is 3.79. The first-order chi connectivity index (χ1) is 13.4. The van der Waals surface area contributed by atoms with Gasteiger partial charge in [0.1, 0.15) is 6.10 Å². The number of ether oxygens (including phenoxy) is 1. The summed E-state index contributed by atoms with van der Waals surface area (Å²) in [7, 11) is 0. The minimum Gasteiger partial charge on any atom is -0.459 e. The molecule has 28 heavy (non-hydrogen) atoms. The van der Waals surface area contributed by atoms with Gasteiger partial charge < -0.3 is 10.1 Å². The van der Waals surface area contributed by atoms with E-state index in [-0.39, 0.29) is 23.3 Å². The normalized spacial score (nSPS) is 24.8. The van der Waals surface area contributed by atoms with Crippen LogP contribution in [0.5, 0.6) is 0 Å². The van der Waals surface area contributed by atoms with Gasteiger partial charge in [0, 0.05) is 41.7 Å². The van der Waals surface area contributed by atoms with Gasteiger partial charge in [0.15, 0.2) is 5.78 Å². The van der Waals surface area contributed by atoms with Gasteiger partial charge in [-0.05, 0) is 62.1 Å². The number of carbonyl (C=O) groups excluding carboxylic acids is 2. The van der Waals surface area contributed by atoms with Gasteiger partial charge in [-0.3, -0.25) is 9.78 Å². The monoisotopic (exact) mass is 380 g/mol. The number of esters is 1. The smallest absolute Gasteiger partial charge is 0.337 e. The molecule has 1 aliphatic heterocycles. The fourth-order valence-electron chi connectivity index (χ4n) is 4.82. The molecule has 0 radical (unpaired) electrons. The number of Topliss-reactive ketones (excluding diaryl/α,β-unsaturated/α-hetero) is 1. The van der Waals surface area contributed by atoms with Gasteiger partial charge in [-0.15, -0.1) is 0 Å². The van der Waals surface area contributed by atoms with Crippen LogP contribution in [0.25, 0.3) is 0 Å². The molecule has 4 rings (SSSR count). The van der Waals surface area contributed by atoms with E-state index >= 15 is 0 Å². The van der Waals surface area contributed by atoms with Crippen molar-refractivity contribution in [3.63, 3.8) is 0 Å². The van der Waals surface area contributed by atoms with E-state index in [2.05, 4.69) is 24.1 Å². The van der Waals surface area contributed by atoms with E-state index in [1.54, 1.807) is 12.4 Å². The van der Waals surface area contributed by atoms with Gasteiger partial charge in [-0.1, -0.05) is 13.8 Å². The van der Waals surface area contributed by atoms with E-state index in [9.17, 15) is 9.59 Å². The predicted molar refractivity (Wildman–Crippen MR) is 106 cm³/mol. The highest BCUT2D eigenvalue weighted by Crippen LogP contribution is 2.46. The number of aromatic nitrogens is 1. The summed E-state index contributed by atoms with van der Waals surface area (Å²) in [5, 5.41) is 3.38. The molecule has 2 aliphatic carbocycles. The Hall–Kier alpha value is -2.43. The summed E-state index contributed by atoms with van der Waals surface area (Å²) in [6.07, 6.45) is 8.74. The van der Waals surface area contributed by atoms with E-state index < -0.39 is 5.92 Å². The minimum absolute atomic E-state index is 0.0118. The van der Waals surface area contributed by atoms with Crippen LogP contribution in [-0.4, -0.2) is 22.8 Å². The number of allylic oxidation sites excluding steroid dienone is 3. The lowest BCUT2D eigenvalue weighted by Gasteiger charge is -2.39. The first-order valence-corrected chi connectivity index (χ1v) is 10.2. The largest absolute Gasteiger partial charge is 0.459 e. The fraction of sp³-hybridized carbons (Fsp3) is 0.522. The van der Waals surface area contributed by atoms with Crippen LogP contribution in [0, 0.1) is 5.41 Å². The van der Waals surface area contributed by atoms with Crippen molar-refractivity contribution in [3.8, 4) is 0 Å². The summed E-state index contributed by atoms with van der Waals surface area (Å²) >= 11 is 0. The third-order valence-corrected chi connectivity index (χ3v) is 6.07. The first-order valence-electron chi connectivity index (χ1n) is 10.2. The molecule has 0 amide bonds. The molecule has 1 N–H and O–H groups in total. The summed E-state index contributed by atoms with van der Waals surface area (Å²) < 4.78 is 5.84. The van der Waals surface area contributed by atoms with E-state index in [0.29, 0.717) is 12.0 Å². The Morgan fingerprint density at radius 3 is 2.54 bits per heavy atom. The van der Waals surface area contributed by atoms with Crippen LogP contribution in [0.1, 0.15) is 70.8 Å². The van der Waals surface area contributed by atoms with E-state index in [4.69, 9.17) is 4.74 Å². The number of dihydropyridines is 1. The highest BCUT2D eigenvalue weighted by atomic mass is 16.5. The van der Waals surface area contributed by atoms with Crippen molar-refractivity contribution in [2.75, 3.05) is 0 Å². The number of nitrogens with zero attached hydrogens (tertiary/aromatic N) is 1. The van der Waals surface area contributed by atoms with Crippen molar-refractivity contribution in [2.45, 2.75) is 71.3 Å². The second-order valence-corrected chi connectivity index (χ2v) is 9.02. The topological polar surface area (TPSA) is 68.3 Å². The van der Waals surface area contributed by atoms with Gasteiger partial charge in [-0.2, -0.15) is 0 Å². The fourth-order valence-corrected chi connectivity index (χ4v) is 4.82. The van der Waals surface area contributed by atoms with Crippen LogP contribution in [0.4, 0.5) is 0 Å². The molecule has 0 unspecified atom stereocenters. The highest BCUT2D eigenvalue weighted by Gasteiger charge is 2.43. The molecule has 1 fully saturated rings. The summed E-state index contributed by atoms with van der Waals surface area (Å²) in [5.74, 6) is -0.584. The van der Waals surface area contributed by atoms with Crippen molar-refractivity contribution in [3.05, 3.63) is 52.6 Å². The molecule has 5 nitrogen and oxygen atoms in total. The van der Waals surface area contributed by atoms with E-state index in [0.717, 1.165) is 54.6 Å².